The van der Waals surface area contributed by atoms with Crippen LogP contribution in [0.4, 0.5) is 0 Å². The van der Waals surface area contributed by atoms with Crippen molar-refractivity contribution in [3.05, 3.63) is 12.7 Å². The summed E-state index contributed by atoms with van der Waals surface area (Å²) in [6.45, 7) is 3.88. The van der Waals surface area contributed by atoms with Crippen molar-refractivity contribution in [1.82, 2.24) is 5.32 Å². The Bertz CT molecular complexity index is 214. The lowest BCUT2D eigenvalue weighted by Gasteiger charge is -2.14. The Balaban J connectivity index is 2.25. The Labute approximate surface area is 84.2 Å². The lowest BCUT2D eigenvalue weighted by molar-refractivity contribution is -0.435. The van der Waals surface area contributed by atoms with Gasteiger partial charge in [0, 0.05) is 13.0 Å². The summed E-state index contributed by atoms with van der Waals surface area (Å²) in [6.07, 6.45) is 3.89. The van der Waals surface area contributed by atoms with Gasteiger partial charge in [0.05, 0.1) is 0 Å². The van der Waals surface area contributed by atoms with Crippen molar-refractivity contribution in [2.45, 2.75) is 31.4 Å². The molecule has 14 heavy (non-hydrogen) atoms. The molecule has 1 aliphatic carbocycles. The predicted octanol–water partition coefficient (Wildman–Crippen LogP) is -0.940. The smallest absolute Gasteiger partial charge is 0.255 e. The molecule has 4 nitrogen and oxygen atoms in total. The second-order valence-electron chi connectivity index (χ2n) is 3.92. The minimum Gasteiger partial charge on any atom is -0.378 e. The summed E-state index contributed by atoms with van der Waals surface area (Å²) in [5.41, 5.74) is 3.81. The second kappa shape index (κ2) is 5.12. The molecule has 0 aromatic heterocycles. The number of aliphatic hydroxyl groups excluding tert-OH is 1. The predicted molar refractivity (Wildman–Crippen MR) is 53.2 cm³/mol. The first-order valence-electron chi connectivity index (χ1n) is 5.05. The zero-order valence-corrected chi connectivity index (χ0v) is 8.41. The van der Waals surface area contributed by atoms with Gasteiger partial charge in [0.25, 0.3) is 5.91 Å². The van der Waals surface area contributed by atoms with Crippen LogP contribution in [-0.2, 0) is 4.79 Å². The lowest BCUT2D eigenvalue weighted by atomic mass is 10.1. The van der Waals surface area contributed by atoms with Crippen molar-refractivity contribution in [3.8, 4) is 0 Å². The van der Waals surface area contributed by atoms with Gasteiger partial charge in [-0.3, -0.25) is 4.79 Å². The van der Waals surface area contributed by atoms with Gasteiger partial charge in [-0.2, -0.15) is 0 Å². The standard InChI is InChI=1S/C10H18N2O2/c1-2-5-12-10(14)9(13)8(11)6-7-3-4-7/h2,7-9,13H,1,3-6,11H2,(H,12,14)/p+1. The van der Waals surface area contributed by atoms with Crippen molar-refractivity contribution < 1.29 is 15.6 Å². The molecule has 1 amide bonds. The van der Waals surface area contributed by atoms with Crippen molar-refractivity contribution >= 4 is 5.91 Å². The molecule has 0 bridgehead atoms. The summed E-state index contributed by atoms with van der Waals surface area (Å²) in [5, 5.41) is 12.1. The van der Waals surface area contributed by atoms with E-state index in [-0.39, 0.29) is 11.9 Å². The molecule has 0 aliphatic heterocycles. The van der Waals surface area contributed by atoms with E-state index < -0.39 is 6.10 Å². The van der Waals surface area contributed by atoms with Crippen LogP contribution >= 0.6 is 0 Å². The number of amides is 1. The van der Waals surface area contributed by atoms with Crippen LogP contribution in [0.2, 0.25) is 0 Å². The molecular formula is C10H19N2O2+. The monoisotopic (exact) mass is 199 g/mol. The van der Waals surface area contributed by atoms with Gasteiger partial charge in [-0.15, -0.1) is 6.58 Å². The molecule has 0 spiro atoms. The first-order valence-corrected chi connectivity index (χ1v) is 5.05. The quantitative estimate of drug-likeness (QED) is 0.483. The van der Waals surface area contributed by atoms with Crippen LogP contribution in [0, 0.1) is 5.92 Å². The zero-order chi connectivity index (χ0) is 10.6. The molecule has 1 fully saturated rings. The molecule has 2 unspecified atom stereocenters. The average Bonchev–Trinajstić information content (AvgIpc) is 2.96. The van der Waals surface area contributed by atoms with Gasteiger partial charge in [-0.1, -0.05) is 6.08 Å². The van der Waals surface area contributed by atoms with E-state index in [1.165, 1.54) is 12.8 Å². The molecule has 4 heteroatoms. The fraction of sp³-hybridized carbons (Fsp3) is 0.700. The maximum Gasteiger partial charge on any atom is 0.255 e. The number of carbonyl (C=O) groups is 1. The number of hydrogen-bond acceptors (Lipinski definition) is 2. The van der Waals surface area contributed by atoms with Crippen molar-refractivity contribution in [2.24, 2.45) is 5.92 Å². The van der Waals surface area contributed by atoms with Gasteiger partial charge in [0.2, 0.25) is 0 Å². The van der Waals surface area contributed by atoms with Crippen molar-refractivity contribution in [1.29, 1.82) is 0 Å². The summed E-state index contributed by atoms with van der Waals surface area (Å²) in [6, 6.07) is -0.188. The highest BCUT2D eigenvalue weighted by Crippen LogP contribution is 2.33. The highest BCUT2D eigenvalue weighted by Gasteiger charge is 2.32. The summed E-state index contributed by atoms with van der Waals surface area (Å²) in [4.78, 5) is 11.3. The van der Waals surface area contributed by atoms with Gasteiger partial charge < -0.3 is 16.2 Å². The van der Waals surface area contributed by atoms with E-state index in [1.807, 2.05) is 0 Å². The summed E-state index contributed by atoms with van der Waals surface area (Å²) >= 11 is 0. The van der Waals surface area contributed by atoms with E-state index >= 15 is 0 Å². The van der Waals surface area contributed by atoms with Crippen LogP contribution < -0.4 is 11.1 Å². The van der Waals surface area contributed by atoms with E-state index in [1.54, 1.807) is 6.08 Å². The highest BCUT2D eigenvalue weighted by atomic mass is 16.3. The van der Waals surface area contributed by atoms with Crippen molar-refractivity contribution in [2.75, 3.05) is 6.54 Å². The third-order valence-electron chi connectivity index (χ3n) is 2.47. The van der Waals surface area contributed by atoms with E-state index in [2.05, 4.69) is 17.6 Å². The molecule has 1 aliphatic rings. The molecule has 0 heterocycles. The van der Waals surface area contributed by atoms with Crippen LogP contribution in [0.1, 0.15) is 19.3 Å². The molecule has 1 rings (SSSR count). The first kappa shape index (κ1) is 11.2. The largest absolute Gasteiger partial charge is 0.378 e. The van der Waals surface area contributed by atoms with Crippen LogP contribution in [0.3, 0.4) is 0 Å². The SMILES string of the molecule is C=CCNC(=O)C(O)C([NH3+])CC1CC1. The molecular weight excluding hydrogens is 180 g/mol. The summed E-state index contributed by atoms with van der Waals surface area (Å²) < 4.78 is 0. The van der Waals surface area contributed by atoms with Crippen LogP contribution in [-0.4, -0.2) is 29.7 Å². The Morgan fingerprint density at radius 1 is 1.71 bits per heavy atom. The third-order valence-corrected chi connectivity index (χ3v) is 2.47. The number of quaternary nitrogens is 1. The molecule has 2 atom stereocenters. The number of nitrogens with one attached hydrogen (secondary N) is 1. The highest BCUT2D eigenvalue weighted by molar-refractivity contribution is 5.81. The fourth-order valence-electron chi connectivity index (χ4n) is 1.40. The van der Waals surface area contributed by atoms with E-state index in [0.717, 1.165) is 6.42 Å². The van der Waals surface area contributed by atoms with E-state index in [4.69, 9.17) is 0 Å². The van der Waals surface area contributed by atoms with E-state index in [0.29, 0.717) is 12.5 Å². The fourth-order valence-corrected chi connectivity index (χ4v) is 1.40. The number of hydrogen-bond donors (Lipinski definition) is 3. The summed E-state index contributed by atoms with van der Waals surface area (Å²) in [7, 11) is 0. The molecule has 0 aromatic rings. The molecule has 0 aromatic carbocycles. The number of aliphatic hydroxyl groups is 1. The first-order chi connectivity index (χ1) is 6.65. The summed E-state index contributed by atoms with van der Waals surface area (Å²) in [5.74, 6) is 0.338. The Kier molecular flexibility index (Phi) is 4.10. The molecule has 0 saturated heterocycles. The number of rotatable bonds is 6. The second-order valence-corrected chi connectivity index (χ2v) is 3.92. The van der Waals surface area contributed by atoms with Crippen LogP contribution in [0.15, 0.2) is 12.7 Å². The van der Waals surface area contributed by atoms with Crippen molar-refractivity contribution in [3.63, 3.8) is 0 Å². The number of carbonyl (C=O) groups excluding carboxylic acids is 1. The van der Waals surface area contributed by atoms with E-state index in [9.17, 15) is 9.90 Å². The van der Waals surface area contributed by atoms with Gasteiger partial charge in [0.15, 0.2) is 6.10 Å². The zero-order valence-electron chi connectivity index (χ0n) is 8.41. The maximum atomic E-state index is 11.3. The Hall–Kier alpha value is -0.870. The van der Waals surface area contributed by atoms with Crippen LogP contribution in [0.5, 0.6) is 0 Å². The molecule has 0 radical (unpaired) electrons. The molecule has 80 valence electrons. The van der Waals surface area contributed by atoms with Gasteiger partial charge in [-0.05, 0) is 18.8 Å². The average molecular weight is 199 g/mol. The molecule has 5 N–H and O–H groups in total. The maximum absolute atomic E-state index is 11.3. The molecule has 1 saturated carbocycles. The van der Waals surface area contributed by atoms with Gasteiger partial charge in [0.1, 0.15) is 6.04 Å². The van der Waals surface area contributed by atoms with Gasteiger partial charge in [-0.25, -0.2) is 0 Å². The lowest BCUT2D eigenvalue weighted by Crippen LogP contribution is -2.69. The third kappa shape index (κ3) is 3.47. The topological polar surface area (TPSA) is 77.0 Å². The van der Waals surface area contributed by atoms with Crippen LogP contribution in [0.25, 0.3) is 0 Å². The minimum absolute atomic E-state index is 0.188. The minimum atomic E-state index is -0.976. The Morgan fingerprint density at radius 3 is 2.86 bits per heavy atom. The normalized spacial score (nSPS) is 19.9. The van der Waals surface area contributed by atoms with Gasteiger partial charge >= 0.3 is 0 Å². The Morgan fingerprint density at radius 2 is 2.36 bits per heavy atom.